The van der Waals surface area contributed by atoms with Crippen LogP contribution in [0.5, 0.6) is 0 Å². The molecule has 0 saturated carbocycles. The molecule has 0 atom stereocenters. The van der Waals surface area contributed by atoms with Gasteiger partial charge in [-0.1, -0.05) is 76.9 Å². The summed E-state index contributed by atoms with van der Waals surface area (Å²) in [5.41, 5.74) is 0. The van der Waals surface area contributed by atoms with Crippen LogP contribution < -0.4 is 0 Å². The van der Waals surface area contributed by atoms with Gasteiger partial charge in [0.2, 0.25) is 0 Å². The van der Waals surface area contributed by atoms with E-state index in [2.05, 4.69) is 13.0 Å². The quantitative estimate of drug-likeness (QED) is 0.254. The molecule has 0 aromatic rings. The summed E-state index contributed by atoms with van der Waals surface area (Å²) in [6.07, 6.45) is 21.8. The fraction of sp³-hybridized carbons (Fsp3) is 0.750. The number of aliphatic hydroxyl groups excluding tert-OH is 1. The van der Waals surface area contributed by atoms with Crippen molar-refractivity contribution in [3.8, 4) is 0 Å². The Morgan fingerprint density at radius 2 is 1.24 bits per heavy atom. The zero-order chi connectivity index (χ0) is 12.6. The Bertz CT molecular complexity index is 182. The zero-order valence-corrected chi connectivity index (χ0v) is 11.5. The molecule has 0 aliphatic heterocycles. The van der Waals surface area contributed by atoms with Gasteiger partial charge in [-0.15, -0.1) is 0 Å². The van der Waals surface area contributed by atoms with Gasteiger partial charge in [0.15, 0.2) is 0 Å². The van der Waals surface area contributed by atoms with Gasteiger partial charge in [0, 0.05) is 0 Å². The summed E-state index contributed by atoms with van der Waals surface area (Å²) < 4.78 is 0. The first-order valence-corrected chi connectivity index (χ1v) is 7.37. The van der Waals surface area contributed by atoms with Crippen LogP contribution in [0.4, 0.5) is 0 Å². The van der Waals surface area contributed by atoms with Crippen molar-refractivity contribution in [3.05, 3.63) is 24.5 Å². The highest BCUT2D eigenvalue weighted by Crippen LogP contribution is 2.11. The molecular formula is C16H30O. The maximum absolute atomic E-state index is 8.41. The molecule has 100 valence electrons. The maximum Gasteiger partial charge on any atom is 0.0791 e. The zero-order valence-electron chi connectivity index (χ0n) is 11.5. The van der Waals surface area contributed by atoms with E-state index in [1.807, 2.05) is 6.08 Å². The van der Waals surface area contributed by atoms with Crippen molar-refractivity contribution < 1.29 is 5.11 Å². The molecule has 0 heterocycles. The molecule has 0 spiro atoms. The van der Waals surface area contributed by atoms with E-state index in [4.69, 9.17) is 5.11 Å². The molecule has 0 aliphatic carbocycles. The average molecular weight is 238 g/mol. The van der Waals surface area contributed by atoms with Gasteiger partial charge in [0.25, 0.3) is 0 Å². The third-order valence-electron chi connectivity index (χ3n) is 3.06. The lowest BCUT2D eigenvalue weighted by Crippen LogP contribution is -1.81. The van der Waals surface area contributed by atoms with Gasteiger partial charge in [0.05, 0.1) is 6.26 Å². The van der Waals surface area contributed by atoms with E-state index in [0.29, 0.717) is 0 Å². The van der Waals surface area contributed by atoms with Gasteiger partial charge < -0.3 is 5.11 Å². The molecule has 1 N–H and O–H groups in total. The van der Waals surface area contributed by atoms with Gasteiger partial charge in [-0.25, -0.2) is 0 Å². The van der Waals surface area contributed by atoms with Crippen molar-refractivity contribution >= 4 is 0 Å². The summed E-state index contributed by atoms with van der Waals surface area (Å²) in [5, 5.41) is 8.41. The minimum Gasteiger partial charge on any atom is -0.516 e. The van der Waals surface area contributed by atoms with Crippen LogP contribution in [0.3, 0.4) is 0 Å². The highest BCUT2D eigenvalue weighted by atomic mass is 16.2. The molecule has 0 amide bonds. The Morgan fingerprint density at radius 3 is 1.76 bits per heavy atom. The van der Waals surface area contributed by atoms with Crippen molar-refractivity contribution in [3.63, 3.8) is 0 Å². The predicted octanol–water partition coefficient (Wildman–Crippen LogP) is 5.93. The van der Waals surface area contributed by atoms with Crippen LogP contribution in [0.25, 0.3) is 0 Å². The molecule has 0 rings (SSSR count). The second-order valence-electron chi connectivity index (χ2n) is 4.74. The summed E-state index contributed by atoms with van der Waals surface area (Å²) in [5.74, 6) is 0. The van der Waals surface area contributed by atoms with Crippen LogP contribution in [0.15, 0.2) is 24.5 Å². The van der Waals surface area contributed by atoms with Gasteiger partial charge in [0.1, 0.15) is 0 Å². The van der Waals surface area contributed by atoms with Gasteiger partial charge in [-0.05, 0) is 18.9 Å². The summed E-state index contributed by atoms with van der Waals surface area (Å²) in [4.78, 5) is 0. The van der Waals surface area contributed by atoms with Crippen LogP contribution in [0, 0.1) is 0 Å². The topological polar surface area (TPSA) is 20.2 Å². The minimum atomic E-state index is 1.08. The number of unbranched alkanes of at least 4 members (excludes halogenated alkanes) is 10. The first-order chi connectivity index (χ1) is 8.41. The lowest BCUT2D eigenvalue weighted by Gasteiger charge is -2.01. The number of aliphatic hydroxyl groups is 1. The normalized spacial score (nSPS) is 11.8. The van der Waals surface area contributed by atoms with E-state index in [-0.39, 0.29) is 0 Å². The van der Waals surface area contributed by atoms with Crippen LogP contribution >= 0.6 is 0 Å². The molecule has 0 unspecified atom stereocenters. The second-order valence-corrected chi connectivity index (χ2v) is 4.74. The molecule has 0 fully saturated rings. The summed E-state index contributed by atoms with van der Waals surface area (Å²) >= 11 is 0. The van der Waals surface area contributed by atoms with Gasteiger partial charge in [-0.3, -0.25) is 0 Å². The Kier molecular flexibility index (Phi) is 14.6. The molecule has 0 radical (unpaired) electrons. The predicted molar refractivity (Wildman–Crippen MR) is 77.4 cm³/mol. The van der Waals surface area contributed by atoms with Gasteiger partial charge >= 0.3 is 0 Å². The Balaban J connectivity index is 2.98. The number of rotatable bonds is 12. The van der Waals surface area contributed by atoms with Crippen molar-refractivity contribution in [1.29, 1.82) is 0 Å². The smallest absolute Gasteiger partial charge is 0.0791 e. The molecule has 0 aromatic heterocycles. The third-order valence-corrected chi connectivity index (χ3v) is 3.06. The average Bonchev–Trinajstić information content (AvgIpc) is 2.35. The molecule has 0 aromatic carbocycles. The number of hydrogen-bond acceptors (Lipinski definition) is 1. The summed E-state index contributed by atoms with van der Waals surface area (Å²) in [6.45, 7) is 2.27. The standard InChI is InChI=1S/C16H30O/c1-2-3-4-5-6-7-8-9-10-11-12-13-14-15-16-17/h13-17H,2-12H2,1H3. The fourth-order valence-electron chi connectivity index (χ4n) is 1.97. The first kappa shape index (κ1) is 16.3. The summed E-state index contributed by atoms with van der Waals surface area (Å²) in [7, 11) is 0. The lowest BCUT2D eigenvalue weighted by atomic mass is 10.1. The van der Waals surface area contributed by atoms with E-state index < -0.39 is 0 Å². The molecule has 0 aliphatic rings. The third kappa shape index (κ3) is 15.3. The van der Waals surface area contributed by atoms with Crippen LogP contribution in [-0.4, -0.2) is 5.11 Å². The van der Waals surface area contributed by atoms with Crippen molar-refractivity contribution in [2.75, 3.05) is 0 Å². The second kappa shape index (κ2) is 15.3. The van der Waals surface area contributed by atoms with E-state index >= 15 is 0 Å². The van der Waals surface area contributed by atoms with Crippen molar-refractivity contribution in [2.24, 2.45) is 0 Å². The SMILES string of the molecule is CCCCCCCCCCCCC=CC=CO. The fourth-order valence-corrected chi connectivity index (χ4v) is 1.97. The van der Waals surface area contributed by atoms with E-state index in [0.717, 1.165) is 12.7 Å². The Labute approximate surface area is 108 Å². The lowest BCUT2D eigenvalue weighted by molar-refractivity contribution is 0.473. The minimum absolute atomic E-state index is 1.08. The summed E-state index contributed by atoms with van der Waals surface area (Å²) in [6, 6.07) is 0. The number of allylic oxidation sites excluding steroid dienone is 3. The highest BCUT2D eigenvalue weighted by molar-refractivity contribution is 4.98. The van der Waals surface area contributed by atoms with Crippen LogP contribution in [0.2, 0.25) is 0 Å². The number of hydrogen-bond donors (Lipinski definition) is 1. The van der Waals surface area contributed by atoms with E-state index in [1.54, 1.807) is 6.08 Å². The Morgan fingerprint density at radius 1 is 0.706 bits per heavy atom. The molecule has 0 bridgehead atoms. The van der Waals surface area contributed by atoms with E-state index in [1.165, 1.54) is 64.2 Å². The van der Waals surface area contributed by atoms with Crippen molar-refractivity contribution in [2.45, 2.75) is 77.6 Å². The largest absolute Gasteiger partial charge is 0.516 e. The van der Waals surface area contributed by atoms with Crippen LogP contribution in [0.1, 0.15) is 77.6 Å². The Hall–Kier alpha value is -0.720. The van der Waals surface area contributed by atoms with Crippen LogP contribution in [-0.2, 0) is 0 Å². The molecular weight excluding hydrogens is 208 g/mol. The first-order valence-electron chi connectivity index (χ1n) is 7.37. The van der Waals surface area contributed by atoms with Crippen molar-refractivity contribution in [1.82, 2.24) is 0 Å². The molecule has 1 nitrogen and oxygen atoms in total. The monoisotopic (exact) mass is 238 g/mol. The molecule has 1 heteroatoms. The molecule has 17 heavy (non-hydrogen) atoms. The van der Waals surface area contributed by atoms with E-state index in [9.17, 15) is 0 Å². The molecule has 0 saturated heterocycles. The maximum atomic E-state index is 8.41. The van der Waals surface area contributed by atoms with Gasteiger partial charge in [-0.2, -0.15) is 0 Å². The highest BCUT2D eigenvalue weighted by Gasteiger charge is 1.91.